The molecule has 0 aliphatic carbocycles. The van der Waals surface area contributed by atoms with Gasteiger partial charge in [0.15, 0.2) is 0 Å². The van der Waals surface area contributed by atoms with Gasteiger partial charge < -0.3 is 4.74 Å². The summed E-state index contributed by atoms with van der Waals surface area (Å²) < 4.78 is 5.27. The predicted octanol–water partition coefficient (Wildman–Crippen LogP) is 2.27. The average Bonchev–Trinajstić information content (AvgIpc) is 2.25. The van der Waals surface area contributed by atoms with Crippen LogP contribution >= 0.6 is 0 Å². The number of hydrogen-bond acceptors (Lipinski definition) is 3. The Labute approximate surface area is 97.3 Å². The van der Waals surface area contributed by atoms with Crippen molar-refractivity contribution in [2.75, 3.05) is 20.7 Å². The summed E-state index contributed by atoms with van der Waals surface area (Å²) in [6.07, 6.45) is 0. The molecule has 0 saturated heterocycles. The monoisotopic (exact) mass is 218 g/mol. The van der Waals surface area contributed by atoms with Gasteiger partial charge in [0.05, 0.1) is 19.7 Å². The van der Waals surface area contributed by atoms with E-state index in [4.69, 9.17) is 10.00 Å². The zero-order valence-electron chi connectivity index (χ0n) is 10.4. The van der Waals surface area contributed by atoms with Crippen molar-refractivity contribution in [3.8, 4) is 11.8 Å². The SMILES string of the molecule is COc1ccc(CN(C)CC#N)c(C)c1C. The van der Waals surface area contributed by atoms with Crippen LogP contribution in [0.3, 0.4) is 0 Å². The topological polar surface area (TPSA) is 36.3 Å². The molecule has 0 saturated carbocycles. The molecule has 86 valence electrons. The Bertz CT molecular complexity index is 407. The molecule has 0 fully saturated rings. The van der Waals surface area contributed by atoms with E-state index >= 15 is 0 Å². The highest BCUT2D eigenvalue weighted by Gasteiger charge is 2.08. The van der Waals surface area contributed by atoms with Crippen LogP contribution in [0.5, 0.6) is 5.75 Å². The first-order chi connectivity index (χ1) is 7.60. The fourth-order valence-corrected chi connectivity index (χ4v) is 1.71. The van der Waals surface area contributed by atoms with E-state index in [9.17, 15) is 0 Å². The number of nitriles is 1. The van der Waals surface area contributed by atoms with E-state index in [1.54, 1.807) is 7.11 Å². The number of benzene rings is 1. The lowest BCUT2D eigenvalue weighted by molar-refractivity contribution is 0.365. The van der Waals surface area contributed by atoms with E-state index in [-0.39, 0.29) is 0 Å². The zero-order chi connectivity index (χ0) is 12.1. The molecule has 16 heavy (non-hydrogen) atoms. The Morgan fingerprint density at radius 1 is 1.31 bits per heavy atom. The minimum absolute atomic E-state index is 0.449. The Morgan fingerprint density at radius 3 is 2.56 bits per heavy atom. The quantitative estimate of drug-likeness (QED) is 0.727. The largest absolute Gasteiger partial charge is 0.496 e. The fourth-order valence-electron chi connectivity index (χ4n) is 1.71. The number of methoxy groups -OCH3 is 1. The van der Waals surface area contributed by atoms with Crippen molar-refractivity contribution in [2.45, 2.75) is 20.4 Å². The lowest BCUT2D eigenvalue weighted by Crippen LogP contribution is -2.18. The lowest BCUT2D eigenvalue weighted by Gasteiger charge is -2.17. The van der Waals surface area contributed by atoms with Crippen LogP contribution in [0.4, 0.5) is 0 Å². The summed E-state index contributed by atoms with van der Waals surface area (Å²) in [5, 5.41) is 8.61. The molecule has 0 aliphatic rings. The van der Waals surface area contributed by atoms with Crippen LogP contribution in [0.2, 0.25) is 0 Å². The molecule has 0 aromatic heterocycles. The Hall–Kier alpha value is -1.53. The molecule has 3 heteroatoms. The van der Waals surface area contributed by atoms with Gasteiger partial charge in [-0.2, -0.15) is 5.26 Å². The van der Waals surface area contributed by atoms with Gasteiger partial charge in [-0.05, 0) is 43.7 Å². The van der Waals surface area contributed by atoms with Crippen LogP contribution in [-0.2, 0) is 6.54 Å². The first-order valence-electron chi connectivity index (χ1n) is 5.28. The van der Waals surface area contributed by atoms with Gasteiger partial charge in [0.1, 0.15) is 5.75 Å². The molecule has 0 heterocycles. The number of hydrogen-bond donors (Lipinski definition) is 0. The molecule has 0 spiro atoms. The Morgan fingerprint density at radius 2 is 2.00 bits per heavy atom. The maximum Gasteiger partial charge on any atom is 0.122 e. The molecule has 0 atom stereocenters. The summed E-state index contributed by atoms with van der Waals surface area (Å²) in [4.78, 5) is 1.99. The van der Waals surface area contributed by atoms with Crippen LogP contribution in [0.15, 0.2) is 12.1 Å². The normalized spacial score (nSPS) is 10.2. The first kappa shape index (κ1) is 12.5. The second-order valence-electron chi connectivity index (χ2n) is 4.01. The molecular formula is C13H18N2O. The molecular weight excluding hydrogens is 200 g/mol. The van der Waals surface area contributed by atoms with Crippen LogP contribution in [0, 0.1) is 25.2 Å². The average molecular weight is 218 g/mol. The summed E-state index contributed by atoms with van der Waals surface area (Å²) in [5.41, 5.74) is 3.66. The molecule has 0 aliphatic heterocycles. The van der Waals surface area contributed by atoms with Crippen molar-refractivity contribution in [2.24, 2.45) is 0 Å². The summed E-state index contributed by atoms with van der Waals surface area (Å²) in [5.74, 6) is 0.921. The van der Waals surface area contributed by atoms with Gasteiger partial charge >= 0.3 is 0 Å². The highest BCUT2D eigenvalue weighted by atomic mass is 16.5. The summed E-state index contributed by atoms with van der Waals surface area (Å²) >= 11 is 0. The minimum Gasteiger partial charge on any atom is -0.496 e. The number of nitrogens with zero attached hydrogens (tertiary/aromatic N) is 2. The van der Waals surface area contributed by atoms with Crippen LogP contribution in [-0.4, -0.2) is 25.6 Å². The van der Waals surface area contributed by atoms with Crippen LogP contribution in [0.1, 0.15) is 16.7 Å². The second kappa shape index (κ2) is 5.53. The van der Waals surface area contributed by atoms with Crippen molar-refractivity contribution < 1.29 is 4.74 Å². The minimum atomic E-state index is 0.449. The smallest absolute Gasteiger partial charge is 0.122 e. The third-order valence-corrected chi connectivity index (χ3v) is 2.85. The zero-order valence-corrected chi connectivity index (χ0v) is 10.4. The lowest BCUT2D eigenvalue weighted by atomic mass is 10.0. The van der Waals surface area contributed by atoms with Gasteiger partial charge in [0.25, 0.3) is 0 Å². The fraction of sp³-hybridized carbons (Fsp3) is 0.462. The van der Waals surface area contributed by atoms with Gasteiger partial charge in [-0.15, -0.1) is 0 Å². The predicted molar refractivity (Wildman–Crippen MR) is 64.4 cm³/mol. The van der Waals surface area contributed by atoms with Crippen molar-refractivity contribution >= 4 is 0 Å². The third kappa shape index (κ3) is 2.74. The summed E-state index contributed by atoms with van der Waals surface area (Å²) in [6, 6.07) is 6.19. The Kier molecular flexibility index (Phi) is 4.33. The van der Waals surface area contributed by atoms with Crippen LogP contribution in [0.25, 0.3) is 0 Å². The number of ether oxygens (including phenoxy) is 1. The van der Waals surface area contributed by atoms with Crippen molar-refractivity contribution in [3.05, 3.63) is 28.8 Å². The molecule has 0 amide bonds. The molecule has 0 unspecified atom stereocenters. The summed E-state index contributed by atoms with van der Waals surface area (Å²) in [6.45, 7) is 5.39. The van der Waals surface area contributed by atoms with Gasteiger partial charge in [0.2, 0.25) is 0 Å². The van der Waals surface area contributed by atoms with E-state index in [2.05, 4.69) is 26.0 Å². The highest BCUT2D eigenvalue weighted by Crippen LogP contribution is 2.24. The number of rotatable bonds is 4. The molecule has 3 nitrogen and oxygen atoms in total. The van der Waals surface area contributed by atoms with Crippen LogP contribution < -0.4 is 4.74 Å². The molecule has 0 bridgehead atoms. The molecule has 0 radical (unpaired) electrons. The van der Waals surface area contributed by atoms with Crippen molar-refractivity contribution in [1.29, 1.82) is 5.26 Å². The summed E-state index contributed by atoms with van der Waals surface area (Å²) in [7, 11) is 3.63. The van der Waals surface area contributed by atoms with E-state index in [0.29, 0.717) is 6.54 Å². The molecule has 1 aromatic rings. The van der Waals surface area contributed by atoms with E-state index < -0.39 is 0 Å². The molecule has 1 aromatic carbocycles. The van der Waals surface area contributed by atoms with Crippen molar-refractivity contribution in [3.63, 3.8) is 0 Å². The van der Waals surface area contributed by atoms with Gasteiger partial charge in [-0.1, -0.05) is 6.07 Å². The molecule has 1 rings (SSSR count). The van der Waals surface area contributed by atoms with E-state index in [1.165, 1.54) is 16.7 Å². The van der Waals surface area contributed by atoms with Crippen molar-refractivity contribution in [1.82, 2.24) is 4.90 Å². The maximum atomic E-state index is 8.61. The Balaban J connectivity index is 2.91. The molecule has 0 N–H and O–H groups in total. The maximum absolute atomic E-state index is 8.61. The first-order valence-corrected chi connectivity index (χ1v) is 5.28. The van der Waals surface area contributed by atoms with Gasteiger partial charge in [-0.3, -0.25) is 4.90 Å². The van der Waals surface area contributed by atoms with E-state index in [1.807, 2.05) is 18.0 Å². The second-order valence-corrected chi connectivity index (χ2v) is 4.01. The third-order valence-electron chi connectivity index (χ3n) is 2.85. The van der Waals surface area contributed by atoms with Gasteiger partial charge in [-0.25, -0.2) is 0 Å². The van der Waals surface area contributed by atoms with Gasteiger partial charge in [0, 0.05) is 6.54 Å². The van der Waals surface area contributed by atoms with E-state index in [0.717, 1.165) is 12.3 Å². The highest BCUT2D eigenvalue weighted by molar-refractivity contribution is 5.43. The standard InChI is InChI=1S/C13H18N2O/c1-10-11(2)13(16-4)6-5-12(10)9-15(3)8-7-14/h5-6H,8-9H2,1-4H3.